The number of hydrogen-bond donors (Lipinski definition) is 1. The summed E-state index contributed by atoms with van der Waals surface area (Å²) in [7, 11) is 0. The number of amides is 1. The van der Waals surface area contributed by atoms with Gasteiger partial charge in [0.1, 0.15) is 6.04 Å². The van der Waals surface area contributed by atoms with Crippen LogP contribution < -0.4 is 0 Å². The van der Waals surface area contributed by atoms with E-state index in [2.05, 4.69) is 11.1 Å². The summed E-state index contributed by atoms with van der Waals surface area (Å²) in [6.07, 6.45) is 6.42. The third-order valence-corrected chi connectivity index (χ3v) is 5.73. The molecule has 132 valence electrons. The lowest BCUT2D eigenvalue weighted by molar-refractivity contribution is -0.154. The van der Waals surface area contributed by atoms with Gasteiger partial charge in [-0.3, -0.25) is 9.78 Å². The minimum absolute atomic E-state index is 0.0325. The second kappa shape index (κ2) is 6.89. The molecule has 1 saturated carbocycles. The van der Waals surface area contributed by atoms with Crippen LogP contribution >= 0.6 is 0 Å². The molecule has 1 aliphatic heterocycles. The van der Waals surface area contributed by atoms with Crippen LogP contribution in [0.25, 0.3) is 11.1 Å². The fourth-order valence-corrected chi connectivity index (χ4v) is 4.01. The van der Waals surface area contributed by atoms with Crippen molar-refractivity contribution >= 4 is 5.91 Å². The number of hydrogen-bond acceptors (Lipinski definition) is 4. The summed E-state index contributed by atoms with van der Waals surface area (Å²) in [4.78, 5) is 18.4. The SMILES string of the molecule is N#C[C@@H]1[C@@H](c2ccc(-c3cccnc3)cc2)[C@@H](CO)N1C(=O)C1CCC1. The molecular weight excluding hydrogens is 326 g/mol. The first kappa shape index (κ1) is 16.7. The molecular formula is C21H21N3O2. The van der Waals surface area contributed by atoms with Gasteiger partial charge in [-0.1, -0.05) is 36.8 Å². The second-order valence-electron chi connectivity index (χ2n) is 7.09. The Kier molecular flexibility index (Phi) is 4.44. The fraction of sp³-hybridized carbons (Fsp3) is 0.381. The van der Waals surface area contributed by atoms with E-state index in [4.69, 9.17) is 0 Å². The predicted octanol–water partition coefficient (Wildman–Crippen LogP) is 2.73. The van der Waals surface area contributed by atoms with Crippen molar-refractivity contribution in [2.75, 3.05) is 6.61 Å². The average molecular weight is 347 g/mol. The van der Waals surface area contributed by atoms with Crippen molar-refractivity contribution in [3.05, 3.63) is 54.4 Å². The van der Waals surface area contributed by atoms with Gasteiger partial charge in [0.25, 0.3) is 0 Å². The van der Waals surface area contributed by atoms with Gasteiger partial charge in [0.15, 0.2) is 0 Å². The van der Waals surface area contributed by atoms with Gasteiger partial charge in [0, 0.05) is 24.2 Å². The molecule has 1 aromatic carbocycles. The molecule has 0 radical (unpaired) electrons. The molecule has 0 bridgehead atoms. The van der Waals surface area contributed by atoms with E-state index in [0.29, 0.717) is 0 Å². The van der Waals surface area contributed by atoms with Gasteiger partial charge in [0.05, 0.1) is 18.7 Å². The molecule has 2 fully saturated rings. The predicted molar refractivity (Wildman–Crippen MR) is 96.9 cm³/mol. The quantitative estimate of drug-likeness (QED) is 0.922. The Morgan fingerprint density at radius 3 is 2.54 bits per heavy atom. The van der Waals surface area contributed by atoms with Crippen molar-refractivity contribution in [3.63, 3.8) is 0 Å². The first-order chi connectivity index (χ1) is 12.7. The van der Waals surface area contributed by atoms with Crippen LogP contribution in [0.1, 0.15) is 30.7 Å². The maximum atomic E-state index is 12.6. The smallest absolute Gasteiger partial charge is 0.227 e. The van der Waals surface area contributed by atoms with E-state index in [-0.39, 0.29) is 30.4 Å². The molecule has 3 atom stereocenters. The zero-order valence-corrected chi connectivity index (χ0v) is 14.5. The van der Waals surface area contributed by atoms with Crippen molar-refractivity contribution in [2.45, 2.75) is 37.3 Å². The van der Waals surface area contributed by atoms with Crippen molar-refractivity contribution in [1.29, 1.82) is 5.26 Å². The molecule has 2 aromatic rings. The third-order valence-electron chi connectivity index (χ3n) is 5.73. The van der Waals surface area contributed by atoms with Crippen molar-refractivity contribution in [1.82, 2.24) is 9.88 Å². The van der Waals surface area contributed by atoms with Gasteiger partial charge >= 0.3 is 0 Å². The Balaban J connectivity index is 1.56. The highest BCUT2D eigenvalue weighted by atomic mass is 16.3. The summed E-state index contributed by atoms with van der Waals surface area (Å²) in [5, 5.41) is 19.5. The topological polar surface area (TPSA) is 77.2 Å². The van der Waals surface area contributed by atoms with E-state index >= 15 is 0 Å². The molecule has 1 saturated heterocycles. The number of aliphatic hydroxyl groups excluding tert-OH is 1. The molecule has 1 N–H and O–H groups in total. The number of carbonyl (C=O) groups excluding carboxylic acids is 1. The van der Waals surface area contributed by atoms with Gasteiger partial charge in [0.2, 0.25) is 5.91 Å². The number of aromatic nitrogens is 1. The van der Waals surface area contributed by atoms with Crippen LogP contribution in [0, 0.1) is 17.2 Å². The molecule has 1 amide bonds. The van der Waals surface area contributed by atoms with E-state index in [1.165, 1.54) is 0 Å². The number of aliphatic hydroxyl groups is 1. The lowest BCUT2D eigenvalue weighted by atomic mass is 9.73. The number of rotatable bonds is 4. The average Bonchev–Trinajstić information content (AvgIpc) is 2.61. The molecule has 0 spiro atoms. The van der Waals surface area contributed by atoms with Gasteiger partial charge in [-0.15, -0.1) is 0 Å². The van der Waals surface area contributed by atoms with Crippen LogP contribution in [0.15, 0.2) is 48.8 Å². The number of carbonyl (C=O) groups is 1. The van der Waals surface area contributed by atoms with Gasteiger partial charge < -0.3 is 10.0 Å². The Hall–Kier alpha value is -2.71. The summed E-state index contributed by atoms with van der Waals surface area (Å²) in [5.41, 5.74) is 3.07. The maximum absolute atomic E-state index is 12.6. The van der Waals surface area contributed by atoms with Crippen molar-refractivity contribution in [3.8, 4) is 17.2 Å². The molecule has 1 aromatic heterocycles. The Bertz CT molecular complexity index is 825. The fourth-order valence-electron chi connectivity index (χ4n) is 4.01. The first-order valence-corrected chi connectivity index (χ1v) is 9.07. The van der Waals surface area contributed by atoms with Crippen molar-refractivity contribution < 1.29 is 9.90 Å². The van der Waals surface area contributed by atoms with Crippen LogP contribution in [0.3, 0.4) is 0 Å². The van der Waals surface area contributed by atoms with Crippen LogP contribution in [0.2, 0.25) is 0 Å². The number of nitrogens with zero attached hydrogens (tertiary/aromatic N) is 3. The molecule has 2 aliphatic rings. The third kappa shape index (κ3) is 2.67. The highest BCUT2D eigenvalue weighted by Gasteiger charge is 2.53. The van der Waals surface area contributed by atoms with Gasteiger partial charge in [-0.2, -0.15) is 5.26 Å². The minimum atomic E-state index is -0.496. The number of benzene rings is 1. The Morgan fingerprint density at radius 2 is 2.00 bits per heavy atom. The van der Waals surface area contributed by atoms with E-state index in [9.17, 15) is 15.2 Å². The molecule has 5 heteroatoms. The van der Waals surface area contributed by atoms with Crippen molar-refractivity contribution in [2.24, 2.45) is 5.92 Å². The Morgan fingerprint density at radius 1 is 1.23 bits per heavy atom. The standard InChI is InChI=1S/C21H21N3O2/c22-11-18-20(19(13-25)24(18)21(26)16-3-1-4-16)15-8-6-14(7-9-15)17-5-2-10-23-12-17/h2,5-10,12,16,18-20,25H,1,3-4,13H2/t18-,19-,20-/m1/s1. The minimum Gasteiger partial charge on any atom is -0.394 e. The highest BCUT2D eigenvalue weighted by Crippen LogP contribution is 2.43. The Labute approximate surface area is 152 Å². The van der Waals surface area contributed by atoms with E-state index in [1.807, 2.05) is 42.6 Å². The van der Waals surface area contributed by atoms with Crippen LogP contribution in [-0.4, -0.2) is 39.6 Å². The zero-order chi connectivity index (χ0) is 18.1. The summed E-state index contributed by atoms with van der Waals surface area (Å²) >= 11 is 0. The number of nitriles is 1. The van der Waals surface area contributed by atoms with Crippen LogP contribution in [0.4, 0.5) is 0 Å². The normalized spacial score (nSPS) is 25.1. The second-order valence-corrected chi connectivity index (χ2v) is 7.09. The lowest BCUT2D eigenvalue weighted by Crippen LogP contribution is -2.66. The van der Waals surface area contributed by atoms with Crippen LogP contribution in [0.5, 0.6) is 0 Å². The van der Waals surface area contributed by atoms with Crippen LogP contribution in [-0.2, 0) is 4.79 Å². The summed E-state index contributed by atoms with van der Waals surface area (Å²) in [5.74, 6) is -0.0733. The number of likely N-dealkylation sites (tertiary alicyclic amines) is 1. The van der Waals surface area contributed by atoms with E-state index < -0.39 is 6.04 Å². The summed E-state index contributed by atoms with van der Waals surface area (Å²) in [6, 6.07) is 13.4. The largest absolute Gasteiger partial charge is 0.394 e. The monoisotopic (exact) mass is 347 g/mol. The van der Waals surface area contributed by atoms with Gasteiger partial charge in [-0.05, 0) is 35.6 Å². The zero-order valence-electron chi connectivity index (χ0n) is 14.5. The lowest BCUT2D eigenvalue weighted by Gasteiger charge is -2.53. The first-order valence-electron chi connectivity index (χ1n) is 9.07. The van der Waals surface area contributed by atoms with E-state index in [0.717, 1.165) is 36.0 Å². The molecule has 0 unspecified atom stereocenters. The summed E-state index contributed by atoms with van der Waals surface area (Å²) in [6.45, 7) is -0.119. The molecule has 5 nitrogen and oxygen atoms in total. The highest BCUT2D eigenvalue weighted by molar-refractivity contribution is 5.82. The molecule has 1 aliphatic carbocycles. The van der Waals surface area contributed by atoms with Gasteiger partial charge in [-0.25, -0.2) is 0 Å². The number of pyridine rings is 1. The maximum Gasteiger partial charge on any atom is 0.227 e. The molecule has 4 rings (SSSR count). The van der Waals surface area contributed by atoms with E-state index in [1.54, 1.807) is 11.1 Å². The molecule has 2 heterocycles. The molecule has 26 heavy (non-hydrogen) atoms. The summed E-state index contributed by atoms with van der Waals surface area (Å²) < 4.78 is 0.